The van der Waals surface area contributed by atoms with Crippen molar-refractivity contribution in [1.82, 2.24) is 0 Å². The van der Waals surface area contributed by atoms with Gasteiger partial charge in [0.1, 0.15) is 5.75 Å². The second kappa shape index (κ2) is 2.84. The first-order valence-corrected chi connectivity index (χ1v) is 6.21. The summed E-state index contributed by atoms with van der Waals surface area (Å²) in [5.41, 5.74) is 1.63. The van der Waals surface area contributed by atoms with Gasteiger partial charge in [0, 0.05) is 5.92 Å². The van der Waals surface area contributed by atoms with E-state index in [0.29, 0.717) is 11.8 Å². The third kappa shape index (κ3) is 1.20. The van der Waals surface area contributed by atoms with Gasteiger partial charge < -0.3 is 9.84 Å². The van der Waals surface area contributed by atoms with Crippen LogP contribution in [0.5, 0.6) is 5.75 Å². The minimum absolute atomic E-state index is 0.586. The monoisotopic (exact) mass is 230 g/mol. The van der Waals surface area contributed by atoms with Crippen LogP contribution in [0.1, 0.15) is 36.3 Å². The SMILES string of the molecule is O=C(O)C1(c2ccc3c(c2)[C@H]2CC2CO3)CC1. The van der Waals surface area contributed by atoms with Crippen molar-refractivity contribution < 1.29 is 14.6 Å². The van der Waals surface area contributed by atoms with E-state index >= 15 is 0 Å². The van der Waals surface area contributed by atoms with Crippen molar-refractivity contribution in [2.45, 2.75) is 30.6 Å². The zero-order chi connectivity index (χ0) is 11.6. The molecule has 3 heteroatoms. The van der Waals surface area contributed by atoms with Crippen molar-refractivity contribution in [3.8, 4) is 5.75 Å². The van der Waals surface area contributed by atoms with Crippen LogP contribution < -0.4 is 4.74 Å². The van der Waals surface area contributed by atoms with Crippen LogP contribution in [0, 0.1) is 5.92 Å². The molecule has 4 rings (SSSR count). The van der Waals surface area contributed by atoms with E-state index in [2.05, 4.69) is 6.07 Å². The normalized spacial score (nSPS) is 30.8. The first-order chi connectivity index (χ1) is 8.21. The molecule has 1 unspecified atom stereocenters. The third-order valence-electron chi connectivity index (χ3n) is 4.50. The van der Waals surface area contributed by atoms with Crippen LogP contribution in [0.4, 0.5) is 0 Å². The smallest absolute Gasteiger partial charge is 0.314 e. The van der Waals surface area contributed by atoms with E-state index in [1.54, 1.807) is 0 Å². The molecule has 0 bridgehead atoms. The molecule has 1 aromatic carbocycles. The highest BCUT2D eigenvalue weighted by molar-refractivity contribution is 5.85. The predicted octanol–water partition coefficient (Wildman–Crippen LogP) is 2.30. The molecule has 88 valence electrons. The molecule has 17 heavy (non-hydrogen) atoms. The van der Waals surface area contributed by atoms with Crippen molar-refractivity contribution in [3.63, 3.8) is 0 Å². The van der Waals surface area contributed by atoms with Gasteiger partial charge in [-0.1, -0.05) is 12.1 Å². The Labute approximate surface area is 99.4 Å². The van der Waals surface area contributed by atoms with E-state index < -0.39 is 11.4 Å². The Balaban J connectivity index is 1.79. The lowest BCUT2D eigenvalue weighted by Crippen LogP contribution is -2.20. The molecule has 0 radical (unpaired) electrons. The molecule has 2 aliphatic carbocycles. The van der Waals surface area contributed by atoms with Gasteiger partial charge in [0.05, 0.1) is 12.0 Å². The molecule has 0 spiro atoms. The highest BCUT2D eigenvalue weighted by Crippen LogP contribution is 2.56. The van der Waals surface area contributed by atoms with E-state index in [4.69, 9.17) is 4.74 Å². The maximum Gasteiger partial charge on any atom is 0.314 e. The van der Waals surface area contributed by atoms with Crippen LogP contribution in [0.15, 0.2) is 18.2 Å². The van der Waals surface area contributed by atoms with E-state index in [1.165, 1.54) is 12.0 Å². The molecule has 0 aromatic heterocycles. The lowest BCUT2D eigenvalue weighted by atomic mass is 9.92. The Morgan fingerprint density at radius 2 is 2.24 bits per heavy atom. The third-order valence-corrected chi connectivity index (χ3v) is 4.50. The molecule has 0 amide bonds. The number of hydrogen-bond acceptors (Lipinski definition) is 2. The molecular formula is C14H14O3. The minimum Gasteiger partial charge on any atom is -0.493 e. The average molecular weight is 230 g/mol. The van der Waals surface area contributed by atoms with Gasteiger partial charge in [0.15, 0.2) is 0 Å². The zero-order valence-corrected chi connectivity index (χ0v) is 9.48. The number of hydrogen-bond donors (Lipinski definition) is 1. The average Bonchev–Trinajstić information content (AvgIpc) is 3.21. The quantitative estimate of drug-likeness (QED) is 0.848. The first kappa shape index (κ1) is 9.51. The van der Waals surface area contributed by atoms with Gasteiger partial charge in [-0.15, -0.1) is 0 Å². The van der Waals surface area contributed by atoms with Crippen molar-refractivity contribution >= 4 is 5.97 Å². The van der Waals surface area contributed by atoms with Gasteiger partial charge >= 0.3 is 5.97 Å². The van der Waals surface area contributed by atoms with Gasteiger partial charge in [0.25, 0.3) is 0 Å². The molecule has 2 saturated carbocycles. The van der Waals surface area contributed by atoms with Gasteiger partial charge in [-0.05, 0) is 42.4 Å². The van der Waals surface area contributed by atoms with Gasteiger partial charge in [0.2, 0.25) is 0 Å². The summed E-state index contributed by atoms with van der Waals surface area (Å²) in [7, 11) is 0. The molecule has 2 fully saturated rings. The van der Waals surface area contributed by atoms with E-state index in [0.717, 1.165) is 30.8 Å². The Morgan fingerprint density at radius 3 is 2.94 bits per heavy atom. The maximum atomic E-state index is 11.3. The first-order valence-electron chi connectivity index (χ1n) is 6.21. The Morgan fingerprint density at radius 1 is 1.41 bits per heavy atom. The summed E-state index contributed by atoms with van der Waals surface area (Å²) in [5, 5.41) is 9.31. The molecular weight excluding hydrogens is 216 g/mol. The van der Waals surface area contributed by atoms with Crippen molar-refractivity contribution in [2.75, 3.05) is 6.61 Å². The minimum atomic E-state index is -0.679. The number of benzene rings is 1. The summed E-state index contributed by atoms with van der Waals surface area (Å²) in [4.78, 5) is 11.3. The number of rotatable bonds is 2. The highest BCUT2D eigenvalue weighted by atomic mass is 16.5. The number of carbonyl (C=O) groups is 1. The van der Waals surface area contributed by atoms with Gasteiger partial charge in [-0.25, -0.2) is 0 Å². The second-order valence-electron chi connectivity index (χ2n) is 5.55. The number of carboxylic acids is 1. The Hall–Kier alpha value is -1.51. The highest BCUT2D eigenvalue weighted by Gasteiger charge is 2.53. The fraction of sp³-hybridized carbons (Fsp3) is 0.500. The molecule has 3 nitrogen and oxygen atoms in total. The summed E-state index contributed by atoms with van der Waals surface area (Å²) in [6.07, 6.45) is 2.75. The summed E-state index contributed by atoms with van der Waals surface area (Å²) >= 11 is 0. The zero-order valence-electron chi connectivity index (χ0n) is 9.48. The summed E-state index contributed by atoms with van der Waals surface area (Å²) in [5.74, 6) is 1.59. The van der Waals surface area contributed by atoms with Crippen LogP contribution >= 0.6 is 0 Å². The topological polar surface area (TPSA) is 46.5 Å². The van der Waals surface area contributed by atoms with Crippen molar-refractivity contribution in [1.29, 1.82) is 0 Å². The van der Waals surface area contributed by atoms with E-state index in [9.17, 15) is 9.90 Å². The summed E-state index contributed by atoms with van der Waals surface area (Å²) in [6.45, 7) is 0.834. The Bertz CT molecular complexity index is 516. The number of aliphatic carboxylic acids is 1. The molecule has 2 atom stereocenters. The molecule has 1 aromatic rings. The van der Waals surface area contributed by atoms with Gasteiger partial charge in [-0.2, -0.15) is 0 Å². The van der Waals surface area contributed by atoms with Crippen LogP contribution in [0.25, 0.3) is 0 Å². The summed E-state index contributed by atoms with van der Waals surface area (Å²) in [6, 6.07) is 5.98. The van der Waals surface area contributed by atoms with Gasteiger partial charge in [-0.3, -0.25) is 4.79 Å². The molecule has 1 heterocycles. The lowest BCUT2D eigenvalue weighted by molar-refractivity contribution is -0.140. The lowest BCUT2D eigenvalue weighted by Gasteiger charge is -2.19. The molecule has 3 aliphatic rings. The number of fused-ring (bicyclic) bond motifs is 3. The van der Waals surface area contributed by atoms with E-state index in [-0.39, 0.29) is 0 Å². The predicted molar refractivity (Wildman–Crippen MR) is 61.3 cm³/mol. The van der Waals surface area contributed by atoms with Crippen LogP contribution in [0.2, 0.25) is 0 Å². The molecule has 1 aliphatic heterocycles. The fourth-order valence-electron chi connectivity index (χ4n) is 3.03. The van der Waals surface area contributed by atoms with Crippen LogP contribution in [0.3, 0.4) is 0 Å². The maximum absolute atomic E-state index is 11.3. The molecule has 0 saturated heterocycles. The molecule has 1 N–H and O–H groups in total. The van der Waals surface area contributed by atoms with Crippen molar-refractivity contribution in [2.24, 2.45) is 5.92 Å². The number of carboxylic acid groups (broad SMARTS) is 1. The van der Waals surface area contributed by atoms with E-state index in [1.807, 2.05) is 12.1 Å². The van der Waals surface area contributed by atoms with Crippen LogP contribution in [-0.4, -0.2) is 17.7 Å². The Kier molecular flexibility index (Phi) is 1.59. The van der Waals surface area contributed by atoms with Crippen molar-refractivity contribution in [3.05, 3.63) is 29.3 Å². The standard InChI is InChI=1S/C14H14O3/c15-13(16)14(3-4-14)9-1-2-12-11(6-9)10-5-8(10)7-17-12/h1-2,6,8,10H,3-5,7H2,(H,15,16)/t8?,10-/m0/s1. The largest absolute Gasteiger partial charge is 0.493 e. The fourth-order valence-corrected chi connectivity index (χ4v) is 3.03. The summed E-state index contributed by atoms with van der Waals surface area (Å²) < 4.78 is 5.68. The number of ether oxygens (including phenoxy) is 1. The second-order valence-corrected chi connectivity index (χ2v) is 5.55. The van der Waals surface area contributed by atoms with Crippen LogP contribution in [-0.2, 0) is 10.2 Å².